The lowest BCUT2D eigenvalue weighted by Gasteiger charge is -2.31. The van der Waals surface area contributed by atoms with Crippen LogP contribution in [-0.2, 0) is 75.8 Å². The van der Waals surface area contributed by atoms with Gasteiger partial charge < -0.3 is 132 Å². The van der Waals surface area contributed by atoms with Crippen LogP contribution in [0.5, 0.6) is 0 Å². The largest absolute Gasteiger partial charge is 0.853 e. The Kier molecular flexibility index (Phi) is 78.5. The highest BCUT2D eigenvalue weighted by Crippen LogP contribution is 2.21. The summed E-state index contributed by atoms with van der Waals surface area (Å²) in [6, 6.07) is 0. The zero-order valence-corrected chi connectivity index (χ0v) is 67.7. The van der Waals surface area contributed by atoms with Gasteiger partial charge in [0.1, 0.15) is 61.2 Å². The lowest BCUT2D eigenvalue weighted by atomic mass is 9.94. The zero-order valence-electron chi connectivity index (χ0n) is 67.7. The molecule has 0 aliphatic rings. The van der Waals surface area contributed by atoms with Crippen molar-refractivity contribution in [3.63, 3.8) is 0 Å². The molecule has 0 saturated heterocycles. The summed E-state index contributed by atoms with van der Waals surface area (Å²) in [6.07, 6.45) is 18.9. The second kappa shape index (κ2) is 80.9. The van der Waals surface area contributed by atoms with Crippen LogP contribution in [0.15, 0.2) is 58.7 Å². The topological polar surface area (TPSA) is 373 Å². The lowest BCUT2D eigenvalue weighted by molar-refractivity contribution is -0.385. The van der Waals surface area contributed by atoms with Crippen molar-refractivity contribution in [2.24, 2.45) is 5.41 Å². The van der Waals surface area contributed by atoms with Gasteiger partial charge in [-0.1, -0.05) is 168 Å². The first-order chi connectivity index (χ1) is 53.7. The van der Waals surface area contributed by atoms with Gasteiger partial charge in [-0.25, -0.2) is 0 Å². The van der Waals surface area contributed by atoms with E-state index in [0.29, 0.717) is 39.3 Å². The van der Waals surface area contributed by atoms with Gasteiger partial charge >= 0.3 is 0 Å². The van der Waals surface area contributed by atoms with Crippen molar-refractivity contribution < 1.29 is 132 Å². The van der Waals surface area contributed by atoms with Gasteiger partial charge in [0.15, 0.2) is 0 Å². The van der Waals surface area contributed by atoms with Crippen LogP contribution in [0.1, 0.15) is 195 Å². The molecule has 0 aromatic carbocycles. The first kappa shape index (κ1) is 107. The Morgan fingerprint density at radius 1 is 0.318 bits per heavy atom. The second-order valence-corrected chi connectivity index (χ2v) is 28.2. The maximum atomic E-state index is 11.4. The molecule has 0 rings (SSSR count). The van der Waals surface area contributed by atoms with Crippen LogP contribution in [0, 0.1) is 5.41 Å². The molecular weight excluding hydrogens is 1430 g/mol. The quantitative estimate of drug-likeness (QED) is 0.0175. The van der Waals surface area contributed by atoms with Gasteiger partial charge in [-0.3, -0.25) is 0 Å². The van der Waals surface area contributed by atoms with Gasteiger partial charge in [-0.05, 0) is 78.8 Å². The van der Waals surface area contributed by atoms with Crippen LogP contribution in [0.3, 0.4) is 0 Å². The molecule has 13 atom stereocenters. The Balaban J connectivity index is 6.74. The summed E-state index contributed by atoms with van der Waals surface area (Å²) in [4.78, 5) is 0. The van der Waals surface area contributed by atoms with Crippen molar-refractivity contribution in [1.82, 2.24) is 0 Å². The Morgan fingerprint density at radius 2 is 0.664 bits per heavy atom. The van der Waals surface area contributed by atoms with E-state index in [0.717, 1.165) is 57.6 Å². The maximum absolute atomic E-state index is 11.4. The standard InChI is InChI=1S/C83H149O27/c1-6-10-14-18-22-26-30-34-41-95-45-39-71(91)52-100-68-83(5,70-102-63-80(59-97-54-73(93)47-86)110-67-81(106-55-74(94)48-87)61-98-56-76(49-88)104-43-36-32-28-24-20-16-12-8-3)69-101-57-77(50-89)107-66-82(108-64-75(38-40-84)103-42-35-31-27-23-19-15-11-7-2)62-99-60-79(58-96-53-72(92)46-85)109-65-78(51-90)105-44-37-33-29-25-21-17-13-9-4/h43,71-82,84,86-94H,3,6-7,9-11,13-15,17-19,21-23,25-27,29-31,33-35,37-42,44-70H2,1-2,4-5H3/q-1. The van der Waals surface area contributed by atoms with E-state index in [1.54, 1.807) is 0 Å². The molecule has 0 aliphatic heterocycles. The van der Waals surface area contributed by atoms with Crippen molar-refractivity contribution >= 4 is 0 Å². The van der Waals surface area contributed by atoms with Crippen LogP contribution in [0.25, 0.3) is 0 Å². The van der Waals surface area contributed by atoms with Crippen molar-refractivity contribution in [3.05, 3.63) is 58.7 Å². The molecule has 110 heavy (non-hydrogen) atoms. The van der Waals surface area contributed by atoms with Crippen LogP contribution < -0.4 is 5.11 Å². The predicted molar refractivity (Wildman–Crippen MR) is 414 cm³/mol. The van der Waals surface area contributed by atoms with Crippen LogP contribution in [0.4, 0.5) is 0 Å². The summed E-state index contributed by atoms with van der Waals surface area (Å²) in [6.45, 7) is 8.98. The normalized spacial score (nSPS) is 15.4. The monoisotopic (exact) mass is 1580 g/mol. The Labute approximate surface area is 659 Å². The molecular formula is C83H149O27-. The number of aliphatic hydroxyl groups excluding tert-OH is 10. The molecule has 0 amide bonds. The molecule has 0 radical (unpaired) electrons. The van der Waals surface area contributed by atoms with Gasteiger partial charge in [0.25, 0.3) is 0 Å². The van der Waals surface area contributed by atoms with Gasteiger partial charge in [0.05, 0.1) is 177 Å². The number of rotatable bonds is 85. The molecule has 0 aliphatic carbocycles. The van der Waals surface area contributed by atoms with E-state index >= 15 is 0 Å². The van der Waals surface area contributed by atoms with E-state index < -0.39 is 112 Å². The highest BCUT2D eigenvalue weighted by molar-refractivity contribution is 4.89. The van der Waals surface area contributed by atoms with Gasteiger partial charge in [-0.15, -0.1) is 6.61 Å². The third-order valence-electron chi connectivity index (χ3n) is 17.2. The maximum Gasteiger partial charge on any atom is 0.145 e. The summed E-state index contributed by atoms with van der Waals surface area (Å²) in [5, 5.41) is 113. The average molecular weight is 1580 g/mol. The van der Waals surface area contributed by atoms with E-state index in [2.05, 4.69) is 73.2 Å². The molecule has 0 saturated carbocycles. The summed E-state index contributed by atoms with van der Waals surface area (Å²) < 4.78 is 97.2. The van der Waals surface area contributed by atoms with Crippen LogP contribution >= 0.6 is 0 Å². The fraction of sp³-hybridized carbons (Fsp3) is 0.880. The Morgan fingerprint density at radius 3 is 1.14 bits per heavy atom. The third kappa shape index (κ3) is 69.1. The van der Waals surface area contributed by atoms with Crippen molar-refractivity contribution in [3.8, 4) is 0 Å². The number of unbranched alkanes of at least 4 members (excludes halogenated alkanes) is 21. The van der Waals surface area contributed by atoms with Crippen molar-refractivity contribution in [2.45, 2.75) is 268 Å². The van der Waals surface area contributed by atoms with Gasteiger partial charge in [0, 0.05) is 38.4 Å². The van der Waals surface area contributed by atoms with Crippen molar-refractivity contribution in [1.29, 1.82) is 0 Å². The number of hydrogen-bond acceptors (Lipinski definition) is 27. The summed E-state index contributed by atoms with van der Waals surface area (Å²) in [5.74, 6) is 0. The molecule has 27 heteroatoms. The highest BCUT2D eigenvalue weighted by atomic mass is 16.6. The van der Waals surface area contributed by atoms with E-state index in [1.807, 2.05) is 6.92 Å². The number of hydrogen-bond donors (Lipinski definition) is 10. The molecule has 0 bridgehead atoms. The summed E-state index contributed by atoms with van der Waals surface area (Å²) >= 11 is 0. The SMILES string of the molecule is C=C=C=C=C=C=C=C=C=COC(CO)COCC(COC(COCC(O)CO)COCC(C)(COCC(O)CCOCCCCCCCCCC)COCC(CO)OCC(COCC(COCC(O)C[O-])OCC(CO)OCCCCCCCCCC)OCC(CCO)OCCCCCCCCCC)OCC(O)CO. The second-order valence-electron chi connectivity index (χ2n) is 28.2. The predicted octanol–water partition coefficient (Wildman–Crippen LogP) is 6.55. The molecule has 0 spiro atoms. The molecule has 0 fully saturated rings. The van der Waals surface area contributed by atoms with Gasteiger partial charge in [0.2, 0.25) is 0 Å². The molecule has 27 nitrogen and oxygen atoms in total. The third-order valence-corrected chi connectivity index (χ3v) is 17.2. The Hall–Kier alpha value is -3.26. The fourth-order valence-corrected chi connectivity index (χ4v) is 10.6. The smallest absolute Gasteiger partial charge is 0.145 e. The minimum Gasteiger partial charge on any atom is -0.853 e. The number of ether oxygens (including phenoxy) is 16. The molecule has 0 aromatic heterocycles. The first-order valence-corrected chi connectivity index (χ1v) is 40.9. The molecule has 0 heterocycles. The van der Waals surface area contributed by atoms with E-state index in [-0.39, 0.29) is 139 Å². The first-order valence-electron chi connectivity index (χ1n) is 40.9. The molecule has 10 N–H and O–H groups in total. The molecule has 0 aromatic rings. The molecule has 13 unspecified atom stereocenters. The van der Waals surface area contributed by atoms with E-state index in [9.17, 15) is 56.2 Å². The van der Waals surface area contributed by atoms with Crippen LogP contribution in [-0.4, -0.2) is 323 Å². The highest BCUT2D eigenvalue weighted by Gasteiger charge is 2.30. The summed E-state index contributed by atoms with van der Waals surface area (Å²) in [5.41, 5.74) is 19.1. The summed E-state index contributed by atoms with van der Waals surface area (Å²) in [7, 11) is 0. The van der Waals surface area contributed by atoms with Gasteiger partial charge in [-0.2, -0.15) is 0 Å². The lowest BCUT2D eigenvalue weighted by Crippen LogP contribution is -2.40. The zero-order chi connectivity index (χ0) is 80.7. The van der Waals surface area contributed by atoms with E-state index in [4.69, 9.17) is 75.8 Å². The van der Waals surface area contributed by atoms with E-state index in [1.165, 1.54) is 103 Å². The minimum atomic E-state index is -1.22. The average Bonchev–Trinajstić information content (AvgIpc) is 0.894. The Bertz CT molecular complexity index is 2310. The number of aliphatic hydroxyl groups is 10. The van der Waals surface area contributed by atoms with Crippen molar-refractivity contribution in [2.75, 3.05) is 198 Å². The minimum absolute atomic E-state index is 0.00582. The fourth-order valence-electron chi connectivity index (χ4n) is 10.6. The van der Waals surface area contributed by atoms with Crippen LogP contribution in [0.2, 0.25) is 0 Å². The molecule has 644 valence electrons.